The predicted octanol–water partition coefficient (Wildman–Crippen LogP) is 5.90. The summed E-state index contributed by atoms with van der Waals surface area (Å²) >= 11 is 11.9. The number of amides is 1. The number of hydrogen-bond donors (Lipinski definition) is 2. The molecule has 0 unspecified atom stereocenters. The highest BCUT2D eigenvalue weighted by molar-refractivity contribution is 14.1. The van der Waals surface area contributed by atoms with Crippen molar-refractivity contribution in [1.29, 1.82) is 0 Å². The van der Waals surface area contributed by atoms with Gasteiger partial charge in [-0.3, -0.25) is 4.79 Å². The van der Waals surface area contributed by atoms with Crippen LogP contribution in [0.1, 0.15) is 11.1 Å². The average Bonchev–Trinajstić information content (AvgIpc) is 3.14. The fourth-order valence-corrected chi connectivity index (χ4v) is 6.03. The number of hydrazone groups is 1. The maximum Gasteiger partial charge on any atom is 0.250 e. The van der Waals surface area contributed by atoms with Gasteiger partial charge in [-0.25, -0.2) is 10.4 Å². The average molecular weight is 703 g/mol. The Hall–Kier alpha value is -1.83. The van der Waals surface area contributed by atoms with E-state index in [1.807, 2.05) is 54.6 Å². The van der Waals surface area contributed by atoms with E-state index in [0.717, 1.165) is 28.9 Å². The van der Waals surface area contributed by atoms with Crippen molar-refractivity contribution in [2.45, 2.75) is 11.7 Å². The second-order valence-corrected chi connectivity index (χ2v) is 10.7. The van der Waals surface area contributed by atoms with Gasteiger partial charge in [0, 0.05) is 14.2 Å². The van der Waals surface area contributed by atoms with Crippen LogP contribution < -0.4 is 5.43 Å². The minimum Gasteiger partial charge on any atom is -0.506 e. The highest BCUT2D eigenvalue weighted by atomic mass is 127. The lowest BCUT2D eigenvalue weighted by Gasteiger charge is -2.10. The Morgan fingerprint density at radius 2 is 1.94 bits per heavy atom. The molecule has 1 aromatic heterocycles. The molecule has 6 nitrogen and oxygen atoms in total. The predicted molar refractivity (Wildman–Crippen MR) is 150 cm³/mol. The van der Waals surface area contributed by atoms with Gasteiger partial charge in [-0.2, -0.15) is 5.10 Å². The molecule has 0 fully saturated rings. The van der Waals surface area contributed by atoms with Gasteiger partial charge in [-0.15, -0.1) is 0 Å². The molecule has 2 N–H and O–H groups in total. The molecule has 0 atom stereocenters. The van der Waals surface area contributed by atoms with Gasteiger partial charge in [0.15, 0.2) is 5.16 Å². The first-order chi connectivity index (χ1) is 15.9. The third-order valence-electron chi connectivity index (χ3n) is 4.69. The Morgan fingerprint density at radius 3 is 2.76 bits per heavy atom. The van der Waals surface area contributed by atoms with Gasteiger partial charge in [-0.05, 0) is 81.1 Å². The number of fused-ring (bicyclic) bond motifs is 1. The number of rotatable bonds is 7. The molecule has 168 valence electrons. The maximum absolute atomic E-state index is 12.4. The van der Waals surface area contributed by atoms with E-state index in [1.54, 1.807) is 6.07 Å². The number of nitrogens with zero attached hydrogens (tertiary/aromatic N) is 3. The van der Waals surface area contributed by atoms with E-state index in [9.17, 15) is 9.90 Å². The molecule has 4 rings (SSSR count). The van der Waals surface area contributed by atoms with Crippen molar-refractivity contribution in [3.63, 3.8) is 0 Å². The summed E-state index contributed by atoms with van der Waals surface area (Å²) in [6, 6.07) is 19.2. The second kappa shape index (κ2) is 11.1. The standard InChI is InChI=1S/C23H17ClI2N4O2S/c24-17-6-2-1-5-14(17)12-30-20-8-4-3-7-19(20)28-23(30)33-13-21(31)29-27-11-15-9-16(25)10-18(26)22(15)32/h1-11,32H,12-13H2,(H,29,31)/b27-11-. The number of phenols is 1. The third-order valence-corrected chi connectivity index (χ3v) is 7.48. The van der Waals surface area contributed by atoms with E-state index >= 15 is 0 Å². The lowest BCUT2D eigenvalue weighted by atomic mass is 10.2. The van der Waals surface area contributed by atoms with Crippen LogP contribution in [0.25, 0.3) is 11.0 Å². The zero-order chi connectivity index (χ0) is 23.4. The summed E-state index contributed by atoms with van der Waals surface area (Å²) in [5.41, 5.74) is 5.86. The summed E-state index contributed by atoms with van der Waals surface area (Å²) in [6.07, 6.45) is 1.44. The number of aromatic hydroxyl groups is 1. The first kappa shape index (κ1) is 24.3. The Balaban J connectivity index is 1.47. The largest absolute Gasteiger partial charge is 0.506 e. The van der Waals surface area contributed by atoms with Crippen LogP contribution in [-0.2, 0) is 11.3 Å². The number of para-hydroxylation sites is 2. The quantitative estimate of drug-likeness (QED) is 0.109. The van der Waals surface area contributed by atoms with Gasteiger partial charge >= 0.3 is 0 Å². The molecular formula is C23H17ClI2N4O2S. The summed E-state index contributed by atoms with van der Waals surface area (Å²) in [7, 11) is 0. The van der Waals surface area contributed by atoms with Crippen molar-refractivity contribution in [2.75, 3.05) is 5.75 Å². The SMILES string of the molecule is O=C(CSc1nc2ccccc2n1Cc1ccccc1Cl)N/N=C\c1cc(I)cc(I)c1O. The number of aromatic nitrogens is 2. The second-order valence-electron chi connectivity index (χ2n) is 6.97. The third kappa shape index (κ3) is 6.00. The minimum atomic E-state index is -0.271. The molecule has 33 heavy (non-hydrogen) atoms. The van der Waals surface area contributed by atoms with E-state index in [1.165, 1.54) is 18.0 Å². The number of thioether (sulfide) groups is 1. The molecule has 3 aromatic carbocycles. The molecule has 0 aliphatic carbocycles. The topological polar surface area (TPSA) is 79.5 Å². The summed E-state index contributed by atoms with van der Waals surface area (Å²) in [6.45, 7) is 0.548. The smallest absolute Gasteiger partial charge is 0.250 e. The first-order valence-electron chi connectivity index (χ1n) is 9.74. The molecule has 0 spiro atoms. The van der Waals surface area contributed by atoms with Crippen LogP contribution in [0.4, 0.5) is 0 Å². The van der Waals surface area contributed by atoms with E-state index in [-0.39, 0.29) is 17.4 Å². The Bertz CT molecular complexity index is 1360. The lowest BCUT2D eigenvalue weighted by molar-refractivity contribution is -0.118. The van der Waals surface area contributed by atoms with Crippen LogP contribution in [0, 0.1) is 7.14 Å². The Kier molecular flexibility index (Phi) is 8.15. The Morgan fingerprint density at radius 1 is 1.18 bits per heavy atom. The summed E-state index contributed by atoms with van der Waals surface area (Å²) in [5.74, 6) is 0.00282. The van der Waals surface area contributed by atoms with Crippen LogP contribution in [0.5, 0.6) is 5.75 Å². The normalized spacial score (nSPS) is 11.4. The number of benzene rings is 3. The van der Waals surface area contributed by atoms with Crippen molar-refractivity contribution in [3.8, 4) is 5.75 Å². The molecule has 1 amide bonds. The molecule has 0 saturated carbocycles. The van der Waals surface area contributed by atoms with Crippen LogP contribution in [0.3, 0.4) is 0 Å². The molecule has 0 aliphatic rings. The molecule has 0 aliphatic heterocycles. The monoisotopic (exact) mass is 702 g/mol. The fraction of sp³-hybridized carbons (Fsp3) is 0.0870. The van der Waals surface area contributed by atoms with Gasteiger partial charge < -0.3 is 9.67 Å². The number of carbonyl (C=O) groups excluding carboxylic acids is 1. The molecule has 4 aromatic rings. The highest BCUT2D eigenvalue weighted by Crippen LogP contribution is 2.27. The molecular weight excluding hydrogens is 686 g/mol. The van der Waals surface area contributed by atoms with E-state index < -0.39 is 0 Å². The van der Waals surface area contributed by atoms with Gasteiger partial charge in [0.2, 0.25) is 0 Å². The van der Waals surface area contributed by atoms with Crippen molar-refractivity contribution >= 4 is 91.7 Å². The molecule has 0 radical (unpaired) electrons. The van der Waals surface area contributed by atoms with E-state index in [2.05, 4.69) is 60.3 Å². The number of carbonyl (C=O) groups is 1. The zero-order valence-corrected chi connectivity index (χ0v) is 22.9. The maximum atomic E-state index is 12.4. The van der Waals surface area contributed by atoms with Gasteiger partial charge in [0.25, 0.3) is 5.91 Å². The summed E-state index contributed by atoms with van der Waals surface area (Å²) < 4.78 is 3.75. The minimum absolute atomic E-state index is 0.136. The number of imidazole rings is 1. The van der Waals surface area contributed by atoms with Crippen molar-refractivity contribution < 1.29 is 9.90 Å². The van der Waals surface area contributed by atoms with Gasteiger partial charge in [-0.1, -0.05) is 53.7 Å². The summed E-state index contributed by atoms with van der Waals surface area (Å²) in [5, 5.41) is 15.5. The van der Waals surface area contributed by atoms with Crippen LogP contribution in [0.2, 0.25) is 5.02 Å². The molecule has 0 saturated heterocycles. The van der Waals surface area contributed by atoms with Gasteiger partial charge in [0.05, 0.1) is 33.1 Å². The number of hydrogen-bond acceptors (Lipinski definition) is 5. The number of phenolic OH excluding ortho intramolecular Hbond substituents is 1. The van der Waals surface area contributed by atoms with Crippen molar-refractivity contribution in [2.24, 2.45) is 5.10 Å². The Labute approximate surface area is 227 Å². The zero-order valence-electron chi connectivity index (χ0n) is 17.0. The molecule has 10 heteroatoms. The lowest BCUT2D eigenvalue weighted by Crippen LogP contribution is -2.20. The number of halogens is 3. The first-order valence-corrected chi connectivity index (χ1v) is 13.3. The van der Waals surface area contributed by atoms with E-state index in [0.29, 0.717) is 17.1 Å². The van der Waals surface area contributed by atoms with Crippen LogP contribution >= 0.6 is 68.5 Å². The molecule has 0 bridgehead atoms. The van der Waals surface area contributed by atoms with Crippen molar-refractivity contribution in [3.05, 3.63) is 84.0 Å². The molecule has 1 heterocycles. The fourth-order valence-electron chi connectivity index (χ4n) is 3.13. The number of nitrogens with one attached hydrogen (secondary N) is 1. The van der Waals surface area contributed by atoms with Gasteiger partial charge in [0.1, 0.15) is 5.75 Å². The van der Waals surface area contributed by atoms with Crippen molar-refractivity contribution in [1.82, 2.24) is 15.0 Å². The summed E-state index contributed by atoms with van der Waals surface area (Å²) in [4.78, 5) is 17.1. The van der Waals surface area contributed by atoms with Crippen LogP contribution in [-0.4, -0.2) is 32.5 Å². The van der Waals surface area contributed by atoms with E-state index in [4.69, 9.17) is 16.6 Å². The highest BCUT2D eigenvalue weighted by Gasteiger charge is 2.14. The van der Waals surface area contributed by atoms with Crippen LogP contribution in [0.15, 0.2) is 70.9 Å².